The van der Waals surface area contributed by atoms with Gasteiger partial charge in [-0.25, -0.2) is 0 Å². The third-order valence-corrected chi connectivity index (χ3v) is 4.18. The molecular weight excluding hydrogens is 324 g/mol. The van der Waals surface area contributed by atoms with Gasteiger partial charge in [0.2, 0.25) is 11.8 Å². The molecule has 1 fully saturated rings. The van der Waals surface area contributed by atoms with Crippen LogP contribution in [-0.2, 0) is 14.3 Å². The highest BCUT2D eigenvalue weighted by Crippen LogP contribution is 2.22. The minimum absolute atomic E-state index is 0.00217. The fourth-order valence-corrected chi connectivity index (χ4v) is 2.72. The SMILES string of the molecule is CC(=O)N1CCOC(CO)(CC(=O)NCCOc2ccc(C)cc2)C1. The van der Waals surface area contributed by atoms with E-state index in [0.717, 1.165) is 11.3 Å². The van der Waals surface area contributed by atoms with Crippen LogP contribution in [0.2, 0.25) is 0 Å². The van der Waals surface area contributed by atoms with E-state index in [1.54, 1.807) is 4.90 Å². The summed E-state index contributed by atoms with van der Waals surface area (Å²) in [7, 11) is 0. The molecule has 0 aliphatic carbocycles. The summed E-state index contributed by atoms with van der Waals surface area (Å²) in [4.78, 5) is 25.3. The van der Waals surface area contributed by atoms with Crippen molar-refractivity contribution in [3.63, 3.8) is 0 Å². The zero-order valence-corrected chi connectivity index (χ0v) is 14.8. The Kier molecular flexibility index (Phi) is 6.78. The first-order valence-corrected chi connectivity index (χ1v) is 8.41. The van der Waals surface area contributed by atoms with Gasteiger partial charge in [0.25, 0.3) is 0 Å². The molecule has 1 saturated heterocycles. The number of aliphatic hydroxyl groups is 1. The second-order valence-electron chi connectivity index (χ2n) is 6.32. The lowest BCUT2D eigenvalue weighted by atomic mass is 9.97. The summed E-state index contributed by atoms with van der Waals surface area (Å²) in [5, 5.41) is 12.4. The molecule has 2 amide bonds. The van der Waals surface area contributed by atoms with Gasteiger partial charge in [-0.05, 0) is 19.1 Å². The Hall–Kier alpha value is -2.12. The summed E-state index contributed by atoms with van der Waals surface area (Å²) < 4.78 is 11.2. The molecule has 1 atom stereocenters. The summed E-state index contributed by atoms with van der Waals surface area (Å²) in [6.07, 6.45) is -0.00217. The van der Waals surface area contributed by atoms with Crippen LogP contribution in [0.25, 0.3) is 0 Å². The molecule has 25 heavy (non-hydrogen) atoms. The molecule has 0 spiro atoms. The van der Waals surface area contributed by atoms with Gasteiger partial charge in [-0.15, -0.1) is 0 Å². The number of ether oxygens (including phenoxy) is 2. The van der Waals surface area contributed by atoms with Crippen molar-refractivity contribution >= 4 is 11.8 Å². The first-order chi connectivity index (χ1) is 11.9. The first-order valence-electron chi connectivity index (χ1n) is 8.41. The Bertz CT molecular complexity index is 590. The highest BCUT2D eigenvalue weighted by molar-refractivity contribution is 5.77. The topological polar surface area (TPSA) is 88.1 Å². The summed E-state index contributed by atoms with van der Waals surface area (Å²) in [6.45, 7) is 4.85. The Morgan fingerprint density at radius 2 is 2.08 bits per heavy atom. The number of rotatable bonds is 7. The van der Waals surface area contributed by atoms with Crippen LogP contribution in [0, 0.1) is 6.92 Å². The van der Waals surface area contributed by atoms with Gasteiger partial charge < -0.3 is 24.8 Å². The highest BCUT2D eigenvalue weighted by Gasteiger charge is 2.39. The Labute approximate surface area is 147 Å². The van der Waals surface area contributed by atoms with E-state index in [1.165, 1.54) is 6.92 Å². The van der Waals surface area contributed by atoms with Crippen LogP contribution in [-0.4, -0.2) is 66.9 Å². The van der Waals surface area contributed by atoms with Crippen LogP contribution < -0.4 is 10.1 Å². The molecule has 2 N–H and O–H groups in total. The van der Waals surface area contributed by atoms with E-state index in [9.17, 15) is 14.7 Å². The van der Waals surface area contributed by atoms with Crippen LogP contribution in [0.1, 0.15) is 18.9 Å². The molecule has 7 nitrogen and oxygen atoms in total. The van der Waals surface area contributed by atoms with E-state index in [-0.39, 0.29) is 31.4 Å². The fraction of sp³-hybridized carbons (Fsp3) is 0.556. The number of carbonyl (C=O) groups excluding carboxylic acids is 2. The lowest BCUT2D eigenvalue weighted by Gasteiger charge is -2.41. The molecule has 2 rings (SSSR count). The summed E-state index contributed by atoms with van der Waals surface area (Å²) >= 11 is 0. The minimum atomic E-state index is -1.04. The number of aryl methyl sites for hydroxylation is 1. The van der Waals surface area contributed by atoms with E-state index < -0.39 is 5.60 Å². The zero-order valence-electron chi connectivity index (χ0n) is 14.8. The second-order valence-corrected chi connectivity index (χ2v) is 6.32. The number of carbonyl (C=O) groups is 2. The van der Waals surface area contributed by atoms with Gasteiger partial charge in [0.15, 0.2) is 0 Å². The average molecular weight is 350 g/mol. The van der Waals surface area contributed by atoms with Crippen LogP contribution in [0.4, 0.5) is 0 Å². The van der Waals surface area contributed by atoms with Crippen molar-refractivity contribution in [2.45, 2.75) is 25.9 Å². The Balaban J connectivity index is 1.76. The third kappa shape index (κ3) is 5.72. The standard InChI is InChI=1S/C18H26N2O5/c1-14-3-5-16(6-4-14)24-9-7-19-17(23)11-18(13-21)12-20(15(2)22)8-10-25-18/h3-6,21H,7-13H2,1-2H3,(H,19,23). The van der Waals surface area contributed by atoms with Gasteiger partial charge in [-0.3, -0.25) is 9.59 Å². The van der Waals surface area contributed by atoms with Gasteiger partial charge in [-0.2, -0.15) is 0 Å². The molecule has 1 aliphatic heterocycles. The molecule has 1 heterocycles. The molecular formula is C18H26N2O5. The van der Waals surface area contributed by atoms with Crippen LogP contribution >= 0.6 is 0 Å². The van der Waals surface area contributed by atoms with E-state index in [1.807, 2.05) is 31.2 Å². The maximum Gasteiger partial charge on any atom is 0.223 e. The predicted octanol–water partition coefficient (Wildman–Crippen LogP) is 0.490. The van der Waals surface area contributed by atoms with Crippen molar-refractivity contribution in [3.05, 3.63) is 29.8 Å². The van der Waals surface area contributed by atoms with Crippen molar-refractivity contribution < 1.29 is 24.2 Å². The Morgan fingerprint density at radius 3 is 2.72 bits per heavy atom. The highest BCUT2D eigenvalue weighted by atomic mass is 16.5. The molecule has 7 heteroatoms. The molecule has 0 aromatic heterocycles. The molecule has 1 aromatic rings. The lowest BCUT2D eigenvalue weighted by Crippen LogP contribution is -2.57. The van der Waals surface area contributed by atoms with Gasteiger partial charge >= 0.3 is 0 Å². The number of nitrogens with zero attached hydrogens (tertiary/aromatic N) is 1. The van der Waals surface area contributed by atoms with Crippen molar-refractivity contribution in [1.82, 2.24) is 10.2 Å². The molecule has 0 bridgehead atoms. The second kappa shape index (κ2) is 8.82. The van der Waals surface area contributed by atoms with Gasteiger partial charge in [0.05, 0.1) is 32.7 Å². The smallest absolute Gasteiger partial charge is 0.223 e. The summed E-state index contributed by atoms with van der Waals surface area (Å²) in [5.74, 6) is 0.416. The quantitative estimate of drug-likeness (QED) is 0.699. The van der Waals surface area contributed by atoms with Crippen molar-refractivity contribution in [3.8, 4) is 5.75 Å². The van der Waals surface area contributed by atoms with Crippen LogP contribution in [0.15, 0.2) is 24.3 Å². The van der Waals surface area contributed by atoms with E-state index in [4.69, 9.17) is 9.47 Å². The molecule has 1 aliphatic rings. The monoisotopic (exact) mass is 350 g/mol. The number of hydrogen-bond acceptors (Lipinski definition) is 5. The van der Waals surface area contributed by atoms with Crippen LogP contribution in [0.3, 0.4) is 0 Å². The van der Waals surface area contributed by atoms with E-state index in [2.05, 4.69) is 5.32 Å². The molecule has 0 saturated carbocycles. The maximum absolute atomic E-state index is 12.1. The predicted molar refractivity (Wildman–Crippen MR) is 92.3 cm³/mol. The normalized spacial score (nSPS) is 20.2. The molecule has 0 radical (unpaired) electrons. The Morgan fingerprint density at radius 1 is 1.36 bits per heavy atom. The summed E-state index contributed by atoms with van der Waals surface area (Å²) in [6, 6.07) is 7.68. The van der Waals surface area contributed by atoms with Gasteiger partial charge in [0.1, 0.15) is 18.0 Å². The fourth-order valence-electron chi connectivity index (χ4n) is 2.72. The lowest BCUT2D eigenvalue weighted by molar-refractivity contribution is -0.163. The van der Waals surface area contributed by atoms with Crippen molar-refractivity contribution in [1.29, 1.82) is 0 Å². The van der Waals surface area contributed by atoms with Crippen molar-refractivity contribution in [2.24, 2.45) is 0 Å². The zero-order chi connectivity index (χ0) is 18.3. The minimum Gasteiger partial charge on any atom is -0.492 e. The molecule has 1 unspecified atom stereocenters. The van der Waals surface area contributed by atoms with Gasteiger partial charge in [0, 0.05) is 13.5 Å². The van der Waals surface area contributed by atoms with Crippen LogP contribution in [0.5, 0.6) is 5.75 Å². The number of hydrogen-bond donors (Lipinski definition) is 2. The number of amides is 2. The summed E-state index contributed by atoms with van der Waals surface area (Å²) in [5.41, 5.74) is 0.119. The van der Waals surface area contributed by atoms with E-state index >= 15 is 0 Å². The average Bonchev–Trinajstić information content (AvgIpc) is 2.60. The molecule has 1 aromatic carbocycles. The largest absolute Gasteiger partial charge is 0.492 e. The number of morpholine rings is 1. The van der Waals surface area contributed by atoms with Crippen molar-refractivity contribution in [2.75, 3.05) is 39.5 Å². The first kappa shape index (κ1) is 19.2. The number of aliphatic hydroxyl groups excluding tert-OH is 1. The number of benzene rings is 1. The van der Waals surface area contributed by atoms with Gasteiger partial charge in [-0.1, -0.05) is 17.7 Å². The third-order valence-electron chi connectivity index (χ3n) is 4.18. The maximum atomic E-state index is 12.1. The number of nitrogens with one attached hydrogen (secondary N) is 1. The molecule has 138 valence electrons. The van der Waals surface area contributed by atoms with E-state index in [0.29, 0.717) is 26.3 Å².